The first-order valence-corrected chi connectivity index (χ1v) is 6.70. The number of halogens is 3. The predicted molar refractivity (Wildman–Crippen MR) is 71.4 cm³/mol. The number of hydrogen-bond acceptors (Lipinski definition) is 2. The molecule has 1 N–H and O–H groups in total. The summed E-state index contributed by atoms with van der Waals surface area (Å²) in [6.07, 6.45) is -4.29. The van der Waals surface area contributed by atoms with Crippen molar-refractivity contribution in [1.29, 1.82) is 0 Å². The van der Waals surface area contributed by atoms with Gasteiger partial charge in [-0.25, -0.2) is 0 Å². The highest BCUT2D eigenvalue weighted by Gasteiger charge is 2.30. The predicted octanol–water partition coefficient (Wildman–Crippen LogP) is 4.38. The van der Waals surface area contributed by atoms with Crippen LogP contribution in [0.4, 0.5) is 13.2 Å². The van der Waals surface area contributed by atoms with Crippen LogP contribution in [0.2, 0.25) is 0 Å². The lowest BCUT2D eigenvalue weighted by Gasteiger charge is -2.17. The summed E-state index contributed by atoms with van der Waals surface area (Å²) in [6, 6.07) is 7.23. The summed E-state index contributed by atoms with van der Waals surface area (Å²) in [7, 11) is 1.81. The number of alkyl halides is 3. The van der Waals surface area contributed by atoms with Crippen LogP contribution in [0.3, 0.4) is 0 Å². The molecule has 0 aliphatic rings. The molecule has 2 aromatic rings. The van der Waals surface area contributed by atoms with E-state index in [1.165, 1.54) is 17.0 Å². The molecule has 19 heavy (non-hydrogen) atoms. The Kier molecular flexibility index (Phi) is 3.96. The molecule has 0 fully saturated rings. The summed E-state index contributed by atoms with van der Waals surface area (Å²) >= 11 is 1.63. The van der Waals surface area contributed by atoms with Crippen molar-refractivity contribution in [3.8, 4) is 0 Å². The number of aryl methyl sites for hydroxylation is 1. The monoisotopic (exact) mass is 285 g/mol. The Morgan fingerprint density at radius 3 is 2.16 bits per heavy atom. The minimum atomic E-state index is -4.29. The fourth-order valence-electron chi connectivity index (χ4n) is 2.06. The maximum Gasteiger partial charge on any atom is 0.416 e. The first-order valence-electron chi connectivity index (χ1n) is 5.82. The number of thiophene rings is 1. The molecule has 102 valence electrons. The molecule has 1 aromatic heterocycles. The van der Waals surface area contributed by atoms with Crippen LogP contribution in [0.5, 0.6) is 0 Å². The van der Waals surface area contributed by atoms with E-state index in [-0.39, 0.29) is 6.04 Å². The first kappa shape index (κ1) is 14.1. The zero-order valence-electron chi connectivity index (χ0n) is 10.6. The van der Waals surface area contributed by atoms with Crippen LogP contribution in [0.15, 0.2) is 35.7 Å². The zero-order chi connectivity index (χ0) is 14.0. The summed E-state index contributed by atoms with van der Waals surface area (Å²) < 4.78 is 37.6. The third-order valence-corrected chi connectivity index (χ3v) is 3.93. The minimum Gasteiger partial charge on any atom is -0.309 e. The molecular weight excluding hydrogens is 271 g/mol. The largest absolute Gasteiger partial charge is 0.416 e. The SMILES string of the molecule is CNC(c1ccc(C(F)(F)F)cc1)c1ccsc1C. The van der Waals surface area contributed by atoms with E-state index < -0.39 is 11.7 Å². The van der Waals surface area contributed by atoms with Crippen LogP contribution in [0.25, 0.3) is 0 Å². The lowest BCUT2D eigenvalue weighted by Crippen LogP contribution is -2.18. The molecule has 0 bridgehead atoms. The second-order valence-electron chi connectivity index (χ2n) is 4.27. The van der Waals surface area contributed by atoms with Gasteiger partial charge in [0.25, 0.3) is 0 Å². The van der Waals surface area contributed by atoms with Gasteiger partial charge in [0, 0.05) is 4.88 Å². The molecule has 5 heteroatoms. The smallest absolute Gasteiger partial charge is 0.309 e. The lowest BCUT2D eigenvalue weighted by atomic mass is 9.98. The number of nitrogens with one attached hydrogen (secondary N) is 1. The molecule has 1 heterocycles. The van der Waals surface area contributed by atoms with Crippen LogP contribution >= 0.6 is 11.3 Å². The fraction of sp³-hybridized carbons (Fsp3) is 0.286. The van der Waals surface area contributed by atoms with Crippen LogP contribution in [0, 0.1) is 6.92 Å². The van der Waals surface area contributed by atoms with Crippen LogP contribution in [0.1, 0.15) is 27.6 Å². The van der Waals surface area contributed by atoms with Gasteiger partial charge in [-0.15, -0.1) is 11.3 Å². The summed E-state index contributed by atoms with van der Waals surface area (Å²) in [6.45, 7) is 2.01. The van der Waals surface area contributed by atoms with E-state index in [0.717, 1.165) is 23.3 Å². The topological polar surface area (TPSA) is 12.0 Å². The highest BCUT2D eigenvalue weighted by atomic mass is 32.1. The van der Waals surface area contributed by atoms with Crippen LogP contribution in [-0.4, -0.2) is 7.05 Å². The Bertz CT molecular complexity index is 543. The Balaban J connectivity index is 2.33. The van der Waals surface area contributed by atoms with E-state index in [0.29, 0.717) is 0 Å². The molecule has 1 atom stereocenters. The van der Waals surface area contributed by atoms with E-state index in [9.17, 15) is 13.2 Å². The van der Waals surface area contributed by atoms with Crippen molar-refractivity contribution in [3.63, 3.8) is 0 Å². The van der Waals surface area contributed by atoms with Crippen molar-refractivity contribution in [2.75, 3.05) is 7.05 Å². The molecule has 1 unspecified atom stereocenters. The summed E-state index contributed by atoms with van der Waals surface area (Å²) in [4.78, 5) is 1.17. The van der Waals surface area contributed by atoms with Crippen molar-refractivity contribution in [1.82, 2.24) is 5.32 Å². The van der Waals surface area contributed by atoms with Gasteiger partial charge in [0.2, 0.25) is 0 Å². The van der Waals surface area contributed by atoms with Gasteiger partial charge < -0.3 is 5.32 Å². The number of rotatable bonds is 3. The summed E-state index contributed by atoms with van der Waals surface area (Å²) in [5.41, 5.74) is 1.32. The van der Waals surface area contributed by atoms with Gasteiger partial charge in [0.15, 0.2) is 0 Å². The van der Waals surface area contributed by atoms with Gasteiger partial charge in [0.1, 0.15) is 0 Å². The van der Waals surface area contributed by atoms with Crippen LogP contribution < -0.4 is 5.32 Å². The van der Waals surface area contributed by atoms with Crippen molar-refractivity contribution < 1.29 is 13.2 Å². The Morgan fingerprint density at radius 1 is 1.11 bits per heavy atom. The van der Waals surface area contributed by atoms with E-state index >= 15 is 0 Å². The molecule has 0 aliphatic heterocycles. The molecule has 1 nitrogen and oxygen atoms in total. The molecule has 0 aliphatic carbocycles. The molecule has 1 aromatic carbocycles. The number of hydrogen-bond donors (Lipinski definition) is 1. The Labute approximate surface area is 114 Å². The van der Waals surface area contributed by atoms with E-state index in [4.69, 9.17) is 0 Å². The number of benzene rings is 1. The average Bonchev–Trinajstić information content (AvgIpc) is 2.76. The second-order valence-corrected chi connectivity index (χ2v) is 5.39. The molecule has 0 amide bonds. The first-order chi connectivity index (χ1) is 8.93. The Hall–Kier alpha value is -1.33. The zero-order valence-corrected chi connectivity index (χ0v) is 11.4. The summed E-state index contributed by atoms with van der Waals surface area (Å²) in [5, 5.41) is 5.13. The van der Waals surface area contributed by atoms with E-state index in [1.807, 2.05) is 18.4 Å². The van der Waals surface area contributed by atoms with Crippen molar-refractivity contribution in [2.24, 2.45) is 0 Å². The lowest BCUT2D eigenvalue weighted by molar-refractivity contribution is -0.137. The van der Waals surface area contributed by atoms with Gasteiger partial charge in [0.05, 0.1) is 11.6 Å². The van der Waals surface area contributed by atoms with Gasteiger partial charge in [-0.3, -0.25) is 0 Å². The molecule has 0 saturated heterocycles. The maximum absolute atomic E-state index is 12.5. The highest BCUT2D eigenvalue weighted by molar-refractivity contribution is 7.10. The highest BCUT2D eigenvalue weighted by Crippen LogP contribution is 2.32. The Morgan fingerprint density at radius 2 is 1.74 bits per heavy atom. The normalized spacial score (nSPS) is 13.5. The molecule has 0 saturated carbocycles. The van der Waals surface area contributed by atoms with Crippen molar-refractivity contribution in [3.05, 3.63) is 57.3 Å². The summed E-state index contributed by atoms with van der Waals surface area (Å²) in [5.74, 6) is 0. The molecule has 2 rings (SSSR count). The minimum absolute atomic E-state index is 0.0754. The van der Waals surface area contributed by atoms with Gasteiger partial charge in [-0.05, 0) is 48.7 Å². The molecular formula is C14H14F3NS. The van der Waals surface area contributed by atoms with Crippen LogP contribution in [-0.2, 0) is 6.18 Å². The quantitative estimate of drug-likeness (QED) is 0.882. The third kappa shape index (κ3) is 2.98. The van der Waals surface area contributed by atoms with E-state index in [1.54, 1.807) is 18.4 Å². The fourth-order valence-corrected chi connectivity index (χ4v) is 2.80. The van der Waals surface area contributed by atoms with Crippen molar-refractivity contribution in [2.45, 2.75) is 19.1 Å². The average molecular weight is 285 g/mol. The van der Waals surface area contributed by atoms with Gasteiger partial charge in [-0.1, -0.05) is 12.1 Å². The van der Waals surface area contributed by atoms with Gasteiger partial charge >= 0.3 is 6.18 Å². The second kappa shape index (κ2) is 5.35. The standard InChI is InChI=1S/C14H14F3NS/c1-9-12(7-8-19-9)13(18-2)10-3-5-11(6-4-10)14(15,16)17/h3-8,13,18H,1-2H3. The molecule has 0 spiro atoms. The molecule has 0 radical (unpaired) electrons. The van der Waals surface area contributed by atoms with E-state index in [2.05, 4.69) is 5.32 Å². The third-order valence-electron chi connectivity index (χ3n) is 3.07. The maximum atomic E-state index is 12.5. The van der Waals surface area contributed by atoms with Crippen molar-refractivity contribution >= 4 is 11.3 Å². The van der Waals surface area contributed by atoms with Gasteiger partial charge in [-0.2, -0.15) is 13.2 Å².